The second-order valence-corrected chi connectivity index (χ2v) is 7.22. The average Bonchev–Trinajstić information content (AvgIpc) is 2.99. The highest BCUT2D eigenvalue weighted by molar-refractivity contribution is 5.97. The first kappa shape index (κ1) is 21.5. The number of methoxy groups -OCH3 is 1. The fourth-order valence-corrected chi connectivity index (χ4v) is 2.95. The molecule has 0 radical (unpaired) electrons. The van der Waals surface area contributed by atoms with Crippen molar-refractivity contribution in [3.8, 4) is 5.75 Å². The first-order chi connectivity index (χ1) is 13.3. The molecule has 1 heterocycles. The van der Waals surface area contributed by atoms with E-state index in [-0.39, 0.29) is 17.7 Å². The summed E-state index contributed by atoms with van der Waals surface area (Å²) in [6.45, 7) is 9.07. The molecule has 0 saturated heterocycles. The molecule has 7 nitrogen and oxygen atoms in total. The van der Waals surface area contributed by atoms with Crippen molar-refractivity contribution < 1.29 is 14.3 Å². The lowest BCUT2D eigenvalue weighted by Crippen LogP contribution is -2.50. The van der Waals surface area contributed by atoms with Crippen LogP contribution < -0.4 is 15.4 Å². The van der Waals surface area contributed by atoms with Gasteiger partial charge in [0, 0.05) is 24.3 Å². The predicted octanol–water partition coefficient (Wildman–Crippen LogP) is 2.47. The van der Waals surface area contributed by atoms with Gasteiger partial charge in [0.15, 0.2) is 0 Å². The van der Waals surface area contributed by atoms with Crippen LogP contribution in [0.5, 0.6) is 5.75 Å². The van der Waals surface area contributed by atoms with Crippen LogP contribution in [0, 0.1) is 19.8 Å². The van der Waals surface area contributed by atoms with Crippen molar-refractivity contribution >= 4 is 11.8 Å². The normalized spacial score (nSPS) is 11.9. The van der Waals surface area contributed by atoms with Crippen LogP contribution in [0.15, 0.2) is 30.3 Å². The molecule has 2 N–H and O–H groups in total. The molecule has 0 aliphatic heterocycles. The number of carbonyl (C=O) groups is 2. The number of nitrogens with zero attached hydrogens (tertiary/aromatic N) is 2. The molecule has 28 heavy (non-hydrogen) atoms. The van der Waals surface area contributed by atoms with E-state index in [9.17, 15) is 9.59 Å². The minimum atomic E-state index is -0.594. The lowest BCUT2D eigenvalue weighted by molar-refractivity contribution is -0.123. The van der Waals surface area contributed by atoms with Gasteiger partial charge >= 0.3 is 0 Å². The zero-order valence-corrected chi connectivity index (χ0v) is 17.3. The maximum absolute atomic E-state index is 12.6. The maximum atomic E-state index is 12.6. The topological polar surface area (TPSA) is 85.2 Å². The summed E-state index contributed by atoms with van der Waals surface area (Å²) in [6, 6.07) is 8.23. The molecule has 0 spiro atoms. The van der Waals surface area contributed by atoms with Gasteiger partial charge in [-0.15, -0.1) is 0 Å². The largest absolute Gasteiger partial charge is 0.497 e. The number of amides is 2. The van der Waals surface area contributed by atoms with Crippen LogP contribution in [0.3, 0.4) is 0 Å². The van der Waals surface area contributed by atoms with Crippen molar-refractivity contribution in [1.82, 2.24) is 20.4 Å². The molecule has 0 fully saturated rings. The van der Waals surface area contributed by atoms with E-state index in [4.69, 9.17) is 4.74 Å². The predicted molar refractivity (Wildman–Crippen MR) is 108 cm³/mol. The van der Waals surface area contributed by atoms with Crippen molar-refractivity contribution in [3.05, 3.63) is 47.3 Å². The molecule has 152 valence electrons. The van der Waals surface area contributed by atoms with E-state index in [1.165, 1.54) is 0 Å². The van der Waals surface area contributed by atoms with Crippen LogP contribution in [0.1, 0.15) is 42.0 Å². The SMILES string of the molecule is COc1ccc(C(=O)N[C@H](C(=O)NCCCn2nc(C)cc2C)C(C)C)cc1. The number of nitrogens with one attached hydrogen (secondary N) is 2. The van der Waals surface area contributed by atoms with Gasteiger partial charge in [-0.3, -0.25) is 14.3 Å². The van der Waals surface area contributed by atoms with Gasteiger partial charge in [0.05, 0.1) is 12.8 Å². The fourth-order valence-electron chi connectivity index (χ4n) is 2.95. The third-order valence-electron chi connectivity index (χ3n) is 4.54. The quantitative estimate of drug-likeness (QED) is 0.649. The zero-order chi connectivity index (χ0) is 20.7. The zero-order valence-electron chi connectivity index (χ0n) is 17.3. The smallest absolute Gasteiger partial charge is 0.251 e. The van der Waals surface area contributed by atoms with E-state index in [0.717, 1.165) is 24.4 Å². The van der Waals surface area contributed by atoms with E-state index in [2.05, 4.69) is 15.7 Å². The Hall–Kier alpha value is -2.83. The number of carbonyl (C=O) groups excluding carboxylic acids is 2. The van der Waals surface area contributed by atoms with Crippen molar-refractivity contribution in [2.75, 3.05) is 13.7 Å². The van der Waals surface area contributed by atoms with E-state index in [1.807, 2.05) is 38.4 Å². The highest BCUT2D eigenvalue weighted by atomic mass is 16.5. The van der Waals surface area contributed by atoms with Gasteiger partial charge in [0.1, 0.15) is 11.8 Å². The highest BCUT2D eigenvalue weighted by Gasteiger charge is 2.24. The monoisotopic (exact) mass is 386 g/mol. The first-order valence-corrected chi connectivity index (χ1v) is 9.55. The number of hydrogen-bond acceptors (Lipinski definition) is 4. The summed E-state index contributed by atoms with van der Waals surface area (Å²) >= 11 is 0. The summed E-state index contributed by atoms with van der Waals surface area (Å²) in [7, 11) is 1.57. The number of benzene rings is 1. The molecule has 1 aromatic carbocycles. The number of rotatable bonds is 9. The second kappa shape index (κ2) is 9.92. The Kier molecular flexibility index (Phi) is 7.61. The van der Waals surface area contributed by atoms with Gasteiger partial charge in [0.2, 0.25) is 5.91 Å². The lowest BCUT2D eigenvalue weighted by Gasteiger charge is -2.22. The van der Waals surface area contributed by atoms with Crippen LogP contribution in [-0.2, 0) is 11.3 Å². The molecule has 0 aliphatic rings. The Morgan fingerprint density at radius 3 is 2.39 bits per heavy atom. The molecule has 0 unspecified atom stereocenters. The third kappa shape index (κ3) is 5.84. The van der Waals surface area contributed by atoms with E-state index < -0.39 is 6.04 Å². The van der Waals surface area contributed by atoms with Gasteiger partial charge in [-0.2, -0.15) is 5.10 Å². The van der Waals surface area contributed by atoms with Crippen molar-refractivity contribution in [3.63, 3.8) is 0 Å². The molecule has 2 rings (SSSR count). The number of hydrogen-bond donors (Lipinski definition) is 2. The number of aromatic nitrogens is 2. The number of aryl methyl sites for hydroxylation is 3. The molecular formula is C21H30N4O3. The van der Waals surface area contributed by atoms with Gasteiger partial charge in [0.25, 0.3) is 5.91 Å². The molecule has 1 atom stereocenters. The first-order valence-electron chi connectivity index (χ1n) is 9.55. The van der Waals surface area contributed by atoms with Crippen LogP contribution in [0.2, 0.25) is 0 Å². The van der Waals surface area contributed by atoms with Crippen LogP contribution >= 0.6 is 0 Å². The molecule has 1 aromatic heterocycles. The summed E-state index contributed by atoms with van der Waals surface area (Å²) in [5.74, 6) is 0.194. The number of ether oxygens (including phenoxy) is 1. The summed E-state index contributed by atoms with van der Waals surface area (Å²) in [6.07, 6.45) is 0.769. The van der Waals surface area contributed by atoms with Gasteiger partial charge < -0.3 is 15.4 Å². The Morgan fingerprint density at radius 1 is 1.18 bits per heavy atom. The molecule has 2 amide bonds. The molecular weight excluding hydrogens is 356 g/mol. The molecule has 0 aliphatic carbocycles. The van der Waals surface area contributed by atoms with Crippen molar-refractivity contribution in [2.45, 2.75) is 46.7 Å². The Labute approximate surface area is 166 Å². The van der Waals surface area contributed by atoms with Crippen molar-refractivity contribution in [1.29, 1.82) is 0 Å². The molecule has 0 saturated carbocycles. The average molecular weight is 386 g/mol. The summed E-state index contributed by atoms with van der Waals surface area (Å²) in [5.41, 5.74) is 2.59. The lowest BCUT2D eigenvalue weighted by atomic mass is 10.0. The van der Waals surface area contributed by atoms with E-state index in [1.54, 1.807) is 31.4 Å². The molecule has 7 heteroatoms. The fraction of sp³-hybridized carbons (Fsp3) is 0.476. The Morgan fingerprint density at radius 2 is 1.86 bits per heavy atom. The third-order valence-corrected chi connectivity index (χ3v) is 4.54. The van der Waals surface area contributed by atoms with Crippen LogP contribution in [0.4, 0.5) is 0 Å². The summed E-state index contributed by atoms with van der Waals surface area (Å²) < 4.78 is 7.04. The summed E-state index contributed by atoms with van der Waals surface area (Å²) in [5, 5.41) is 10.2. The Bertz CT molecular complexity index is 796. The molecule has 2 aromatic rings. The minimum Gasteiger partial charge on any atom is -0.497 e. The molecule has 0 bridgehead atoms. The van der Waals surface area contributed by atoms with Gasteiger partial charge in [-0.25, -0.2) is 0 Å². The van der Waals surface area contributed by atoms with E-state index >= 15 is 0 Å². The van der Waals surface area contributed by atoms with Crippen LogP contribution in [0.25, 0.3) is 0 Å². The Balaban J connectivity index is 1.86. The van der Waals surface area contributed by atoms with Crippen molar-refractivity contribution in [2.24, 2.45) is 5.92 Å². The van der Waals surface area contributed by atoms with Gasteiger partial charge in [-0.1, -0.05) is 13.8 Å². The summed E-state index contributed by atoms with van der Waals surface area (Å²) in [4.78, 5) is 25.0. The minimum absolute atomic E-state index is 0.0294. The maximum Gasteiger partial charge on any atom is 0.251 e. The standard InChI is InChI=1S/C21H30N4O3/c1-14(2)19(23-20(26)17-7-9-18(28-5)10-8-17)21(27)22-11-6-12-25-16(4)13-15(3)24-25/h7-10,13-14,19H,6,11-12H2,1-5H3,(H,22,27)(H,23,26)/t19-/m0/s1. The second-order valence-electron chi connectivity index (χ2n) is 7.22. The van der Waals surface area contributed by atoms with Gasteiger partial charge in [-0.05, 0) is 56.5 Å². The van der Waals surface area contributed by atoms with E-state index in [0.29, 0.717) is 17.9 Å². The highest BCUT2D eigenvalue weighted by Crippen LogP contribution is 2.12. The van der Waals surface area contributed by atoms with Crippen LogP contribution in [-0.4, -0.2) is 41.3 Å².